The molecule has 1 unspecified atom stereocenters. The smallest absolute Gasteiger partial charge is 0.255 e. The number of nitrogens with one attached hydrogen (secondary N) is 4. The van der Waals surface area contributed by atoms with E-state index in [0.29, 0.717) is 97.9 Å². The number of anilines is 2. The fourth-order valence-electron chi connectivity index (χ4n) is 8.06. The highest BCUT2D eigenvalue weighted by Gasteiger charge is 2.40. The van der Waals surface area contributed by atoms with Gasteiger partial charge in [-0.3, -0.25) is 29.3 Å². The van der Waals surface area contributed by atoms with Crippen molar-refractivity contribution in [1.82, 2.24) is 40.3 Å². The van der Waals surface area contributed by atoms with Gasteiger partial charge in [0.05, 0.1) is 25.8 Å². The van der Waals surface area contributed by atoms with Crippen molar-refractivity contribution >= 4 is 40.9 Å². The number of fused-ring (bicyclic) bond motifs is 2. The Balaban J connectivity index is 0.692. The SMILES string of the molecule is Cn1c(CNc2cccc(C(=O)N[C@@H]3CCOc4ccc(OCCCCCOCCCOCC(=O)Nc5cccc6c5CN(C5CCC(=O)NC5=O)C6=O)cc43)c2)nnc1-c1ccncn1. The average Bonchev–Trinajstić information content (AvgIpc) is 3.87. The molecule has 1 fully saturated rings. The van der Waals surface area contributed by atoms with Crippen molar-refractivity contribution in [3.05, 3.63) is 107 Å². The molecule has 0 aliphatic carbocycles. The lowest BCUT2D eigenvalue weighted by molar-refractivity contribution is -0.137. The topological polar surface area (TPSA) is 230 Å². The normalized spacial score (nSPS) is 16.5. The van der Waals surface area contributed by atoms with E-state index in [0.717, 1.165) is 36.3 Å². The number of carbonyl (C=O) groups is 5. The highest BCUT2D eigenvalue weighted by molar-refractivity contribution is 6.07. The van der Waals surface area contributed by atoms with E-state index in [9.17, 15) is 24.0 Å². The summed E-state index contributed by atoms with van der Waals surface area (Å²) in [7, 11) is 1.88. The second-order valence-electron chi connectivity index (χ2n) is 16.1. The van der Waals surface area contributed by atoms with Gasteiger partial charge < -0.3 is 44.4 Å². The van der Waals surface area contributed by atoms with Gasteiger partial charge in [0, 0.05) is 86.1 Å². The zero-order chi connectivity index (χ0) is 45.8. The largest absolute Gasteiger partial charge is 0.494 e. The monoisotopic (exact) mass is 900 g/mol. The fourth-order valence-corrected chi connectivity index (χ4v) is 8.06. The van der Waals surface area contributed by atoms with Gasteiger partial charge >= 0.3 is 0 Å². The summed E-state index contributed by atoms with van der Waals surface area (Å²) in [6.07, 6.45) is 7.43. The van der Waals surface area contributed by atoms with E-state index < -0.39 is 11.9 Å². The molecule has 66 heavy (non-hydrogen) atoms. The van der Waals surface area contributed by atoms with Crippen LogP contribution in [0.15, 0.2) is 79.3 Å². The van der Waals surface area contributed by atoms with Crippen molar-refractivity contribution < 1.29 is 42.9 Å². The number of unbranched alkanes of at least 4 members (excludes halogenated alkanes) is 2. The molecule has 0 bridgehead atoms. The number of aromatic nitrogens is 5. The van der Waals surface area contributed by atoms with Crippen molar-refractivity contribution in [3.63, 3.8) is 0 Å². The molecule has 4 N–H and O–H groups in total. The van der Waals surface area contributed by atoms with Gasteiger partial charge in [0.1, 0.15) is 36.2 Å². The molecule has 2 atom stereocenters. The minimum Gasteiger partial charge on any atom is -0.494 e. The van der Waals surface area contributed by atoms with Gasteiger partial charge in [0.15, 0.2) is 11.6 Å². The van der Waals surface area contributed by atoms with Gasteiger partial charge in [0.2, 0.25) is 17.7 Å². The van der Waals surface area contributed by atoms with Crippen LogP contribution in [0.2, 0.25) is 0 Å². The van der Waals surface area contributed by atoms with Crippen LogP contribution >= 0.6 is 0 Å². The minimum atomic E-state index is -0.733. The predicted octanol–water partition coefficient (Wildman–Crippen LogP) is 4.51. The van der Waals surface area contributed by atoms with Crippen LogP contribution in [0, 0.1) is 0 Å². The van der Waals surface area contributed by atoms with Crippen LogP contribution in [0.3, 0.4) is 0 Å². The zero-order valence-corrected chi connectivity index (χ0v) is 36.6. The lowest BCUT2D eigenvalue weighted by Gasteiger charge is -2.29. The molecule has 8 rings (SSSR count). The molecular formula is C47H52N10O9. The van der Waals surface area contributed by atoms with Crippen molar-refractivity contribution in [1.29, 1.82) is 0 Å². The number of imide groups is 1. The third kappa shape index (κ3) is 11.2. The van der Waals surface area contributed by atoms with Gasteiger partial charge in [-0.05, 0) is 86.7 Å². The Labute approximate surface area is 381 Å². The average molecular weight is 901 g/mol. The minimum absolute atomic E-state index is 0.158. The Bertz CT molecular complexity index is 2550. The summed E-state index contributed by atoms with van der Waals surface area (Å²) in [4.78, 5) is 72.9. The van der Waals surface area contributed by atoms with Crippen LogP contribution in [0.4, 0.5) is 11.4 Å². The van der Waals surface area contributed by atoms with E-state index in [4.69, 9.17) is 18.9 Å². The summed E-state index contributed by atoms with van der Waals surface area (Å²) in [5.74, 6) is 1.09. The van der Waals surface area contributed by atoms with Gasteiger partial charge in [-0.2, -0.15) is 0 Å². The summed E-state index contributed by atoms with van der Waals surface area (Å²) in [5, 5.41) is 20.2. The molecule has 2 aromatic heterocycles. The maximum atomic E-state index is 13.5. The summed E-state index contributed by atoms with van der Waals surface area (Å²) >= 11 is 0. The molecule has 5 amide bonds. The van der Waals surface area contributed by atoms with E-state index in [-0.39, 0.29) is 55.7 Å². The second-order valence-corrected chi connectivity index (χ2v) is 16.1. The quantitative estimate of drug-likeness (QED) is 0.0587. The molecule has 344 valence electrons. The second kappa shape index (κ2) is 21.6. The highest BCUT2D eigenvalue weighted by Crippen LogP contribution is 2.36. The maximum Gasteiger partial charge on any atom is 0.255 e. The van der Waals surface area contributed by atoms with Crippen LogP contribution in [0.25, 0.3) is 11.5 Å². The van der Waals surface area contributed by atoms with E-state index in [2.05, 4.69) is 41.4 Å². The van der Waals surface area contributed by atoms with Gasteiger partial charge in [-0.25, -0.2) is 9.97 Å². The molecule has 0 spiro atoms. The van der Waals surface area contributed by atoms with Crippen molar-refractivity contribution in [2.45, 2.75) is 70.1 Å². The lowest BCUT2D eigenvalue weighted by Crippen LogP contribution is -2.52. The third-order valence-electron chi connectivity index (χ3n) is 11.5. The first-order chi connectivity index (χ1) is 32.2. The molecule has 3 aromatic carbocycles. The first-order valence-corrected chi connectivity index (χ1v) is 22.1. The van der Waals surface area contributed by atoms with E-state index >= 15 is 0 Å². The molecule has 0 radical (unpaired) electrons. The zero-order valence-electron chi connectivity index (χ0n) is 36.6. The number of ether oxygens (including phenoxy) is 4. The predicted molar refractivity (Wildman–Crippen MR) is 239 cm³/mol. The number of benzene rings is 3. The van der Waals surface area contributed by atoms with E-state index in [1.807, 2.05) is 48.0 Å². The Hall–Kier alpha value is -7.25. The fraction of sp³-hybridized carbons (Fsp3) is 0.383. The number of piperidine rings is 1. The molecular weight excluding hydrogens is 849 g/mol. The van der Waals surface area contributed by atoms with Crippen LogP contribution in [-0.4, -0.2) is 105 Å². The first kappa shape index (κ1) is 45.3. The van der Waals surface area contributed by atoms with Gasteiger partial charge in [-0.1, -0.05) is 12.1 Å². The molecule has 5 aromatic rings. The molecule has 19 nitrogen and oxygen atoms in total. The number of nitrogens with zero attached hydrogens (tertiary/aromatic N) is 6. The van der Waals surface area contributed by atoms with Crippen LogP contribution < -0.4 is 30.7 Å². The third-order valence-corrected chi connectivity index (χ3v) is 11.5. The summed E-state index contributed by atoms with van der Waals surface area (Å²) in [6, 6.07) is 18.9. The van der Waals surface area contributed by atoms with E-state index in [1.165, 1.54) is 11.2 Å². The number of hydrogen-bond acceptors (Lipinski definition) is 14. The molecule has 3 aliphatic rings. The summed E-state index contributed by atoms with van der Waals surface area (Å²) in [5.41, 5.74) is 4.39. The van der Waals surface area contributed by atoms with Crippen molar-refractivity contribution in [2.75, 3.05) is 50.3 Å². The summed E-state index contributed by atoms with van der Waals surface area (Å²) < 4.78 is 25.2. The van der Waals surface area contributed by atoms with E-state index in [1.54, 1.807) is 36.5 Å². The molecule has 3 aliphatic heterocycles. The van der Waals surface area contributed by atoms with Crippen LogP contribution in [-0.2, 0) is 44.0 Å². The van der Waals surface area contributed by atoms with Crippen LogP contribution in [0.5, 0.6) is 11.5 Å². The van der Waals surface area contributed by atoms with Gasteiger partial charge in [-0.15, -0.1) is 10.2 Å². The van der Waals surface area contributed by atoms with Crippen LogP contribution in [0.1, 0.15) is 88.7 Å². The Morgan fingerprint density at radius 2 is 1.76 bits per heavy atom. The number of amides is 5. The highest BCUT2D eigenvalue weighted by atomic mass is 16.5. The Morgan fingerprint density at radius 3 is 2.62 bits per heavy atom. The molecule has 0 saturated carbocycles. The number of carbonyl (C=O) groups excluding carboxylic acids is 5. The van der Waals surface area contributed by atoms with Crippen molar-refractivity contribution in [3.8, 4) is 23.0 Å². The molecule has 1 saturated heterocycles. The summed E-state index contributed by atoms with van der Waals surface area (Å²) in [6.45, 7) is 2.85. The molecule has 19 heteroatoms. The Kier molecular flexibility index (Phi) is 14.8. The maximum absolute atomic E-state index is 13.5. The molecule has 5 heterocycles. The Morgan fingerprint density at radius 1 is 0.909 bits per heavy atom. The van der Waals surface area contributed by atoms with Crippen molar-refractivity contribution in [2.24, 2.45) is 7.05 Å². The van der Waals surface area contributed by atoms with Gasteiger partial charge in [0.25, 0.3) is 11.8 Å². The lowest BCUT2D eigenvalue weighted by atomic mass is 9.99. The number of rotatable bonds is 21. The standard InChI is InChI=1S/C47H52N10O9/c1-56-41(54-55-44(56)38-16-18-48-29-50-38)26-49-31-9-5-8-30(24-31)45(60)52-37-17-23-66-40-14-12-32(25-34(37)40)65-22-4-2-3-19-63-20-7-21-64-28-43(59)51-36-11-6-10-33-35(36)27-57(47(33)62)39-13-15-42(58)53-46(39)61/h5-6,8-12,14,16,18,24-25,29,37,39,49H,2-4,7,13,15,17,19-23,26-28H2,1H3,(H,51,59)(H,52,60)(H,53,58,61)/t37-,39?/m1/s1. The first-order valence-electron chi connectivity index (χ1n) is 22.1. The number of hydrogen-bond donors (Lipinski definition) is 4.